The van der Waals surface area contributed by atoms with Gasteiger partial charge in [-0.3, -0.25) is 4.79 Å². The average Bonchev–Trinajstić information content (AvgIpc) is 3.05. The topological polar surface area (TPSA) is 64.0 Å². The lowest BCUT2D eigenvalue weighted by Gasteiger charge is -2.40. The summed E-state index contributed by atoms with van der Waals surface area (Å²) in [6.45, 7) is 7.76. The Morgan fingerprint density at radius 2 is 1.90 bits per heavy atom. The van der Waals surface area contributed by atoms with Gasteiger partial charge in [0.15, 0.2) is 0 Å². The maximum atomic E-state index is 11.9. The first-order valence-electron chi connectivity index (χ1n) is 10.9. The van der Waals surface area contributed by atoms with Crippen LogP contribution in [0.4, 0.5) is 5.69 Å². The summed E-state index contributed by atoms with van der Waals surface area (Å²) < 4.78 is 0. The minimum Gasteiger partial charge on any atom is -0.387 e. The minimum absolute atomic E-state index is 0.0593. The van der Waals surface area contributed by atoms with Crippen LogP contribution in [0.15, 0.2) is 42.5 Å². The smallest absolute Gasteiger partial charge is 0.224 e. The molecule has 2 N–H and O–H groups in total. The third-order valence-corrected chi connectivity index (χ3v) is 6.80. The second-order valence-corrected chi connectivity index (χ2v) is 8.99. The van der Waals surface area contributed by atoms with Crippen LogP contribution < -0.4 is 4.90 Å². The molecule has 2 aromatic rings. The van der Waals surface area contributed by atoms with Crippen molar-refractivity contribution in [2.75, 3.05) is 24.5 Å². The van der Waals surface area contributed by atoms with Crippen molar-refractivity contribution in [3.05, 3.63) is 64.7 Å². The third-order valence-electron chi connectivity index (χ3n) is 6.80. The Hall–Kier alpha value is -2.21. The highest BCUT2D eigenvalue weighted by Gasteiger charge is 2.35. The van der Waals surface area contributed by atoms with Crippen LogP contribution in [0.1, 0.15) is 55.0 Å². The van der Waals surface area contributed by atoms with E-state index in [0.29, 0.717) is 19.4 Å². The molecule has 30 heavy (non-hydrogen) atoms. The van der Waals surface area contributed by atoms with Crippen LogP contribution in [0.5, 0.6) is 0 Å². The Balaban J connectivity index is 1.40. The predicted octanol–water partition coefficient (Wildman–Crippen LogP) is 3.31. The van der Waals surface area contributed by atoms with Gasteiger partial charge in [0.1, 0.15) is 0 Å². The summed E-state index contributed by atoms with van der Waals surface area (Å²) in [5, 5.41) is 22.0. The number of rotatable bonds is 4. The summed E-state index contributed by atoms with van der Waals surface area (Å²) >= 11 is 0. The van der Waals surface area contributed by atoms with E-state index >= 15 is 0 Å². The molecule has 2 atom stereocenters. The molecule has 160 valence electrons. The number of β-amino-alcohol motifs (C(OH)–C–C–N with tert-alkyl or cyclic N) is 1. The molecule has 0 unspecified atom stereocenters. The van der Waals surface area contributed by atoms with Gasteiger partial charge in [-0.1, -0.05) is 36.4 Å². The van der Waals surface area contributed by atoms with Crippen molar-refractivity contribution in [1.82, 2.24) is 4.90 Å². The van der Waals surface area contributed by atoms with E-state index in [1.807, 2.05) is 54.3 Å². The van der Waals surface area contributed by atoms with E-state index in [0.717, 1.165) is 47.5 Å². The number of aryl methyl sites for hydroxylation is 1. The van der Waals surface area contributed by atoms with E-state index in [2.05, 4.69) is 11.8 Å². The Bertz CT molecular complexity index is 934. The summed E-state index contributed by atoms with van der Waals surface area (Å²) in [4.78, 5) is 16.0. The first-order chi connectivity index (χ1) is 14.3. The largest absolute Gasteiger partial charge is 0.387 e. The van der Waals surface area contributed by atoms with Crippen molar-refractivity contribution in [3.63, 3.8) is 0 Å². The van der Waals surface area contributed by atoms with Crippen LogP contribution in [-0.2, 0) is 16.8 Å². The van der Waals surface area contributed by atoms with Crippen LogP contribution in [0.3, 0.4) is 0 Å². The number of aliphatic hydroxyl groups is 2. The number of fused-ring (bicyclic) bond motifs is 1. The number of likely N-dealkylation sites (tertiary alicyclic amines) is 1. The van der Waals surface area contributed by atoms with Gasteiger partial charge in [-0.25, -0.2) is 0 Å². The normalized spacial score (nSPS) is 22.0. The van der Waals surface area contributed by atoms with Crippen molar-refractivity contribution in [2.45, 2.75) is 57.8 Å². The van der Waals surface area contributed by atoms with E-state index < -0.39 is 11.7 Å². The van der Waals surface area contributed by atoms with Gasteiger partial charge < -0.3 is 20.0 Å². The van der Waals surface area contributed by atoms with Gasteiger partial charge in [0.25, 0.3) is 0 Å². The van der Waals surface area contributed by atoms with Gasteiger partial charge in [-0.2, -0.15) is 0 Å². The number of anilines is 1. The molecule has 0 aromatic heterocycles. The molecule has 0 aliphatic carbocycles. The number of nitrogens with zero attached hydrogens (tertiary/aromatic N) is 2. The molecule has 5 nitrogen and oxygen atoms in total. The lowest BCUT2D eigenvalue weighted by Crippen LogP contribution is -2.44. The van der Waals surface area contributed by atoms with E-state index in [9.17, 15) is 15.0 Å². The molecule has 1 amide bonds. The summed E-state index contributed by atoms with van der Waals surface area (Å²) in [5.74, 6) is 0.0593. The molecule has 2 aromatic carbocycles. The molecule has 0 bridgehead atoms. The van der Waals surface area contributed by atoms with Gasteiger partial charge in [0, 0.05) is 38.3 Å². The van der Waals surface area contributed by atoms with Gasteiger partial charge in [-0.05, 0) is 61.4 Å². The molecular weight excluding hydrogens is 376 g/mol. The third kappa shape index (κ3) is 3.89. The zero-order chi connectivity index (χ0) is 21.5. The molecule has 1 saturated heterocycles. The van der Waals surface area contributed by atoms with E-state index in [4.69, 9.17) is 0 Å². The van der Waals surface area contributed by atoms with Crippen molar-refractivity contribution in [3.8, 4) is 0 Å². The Morgan fingerprint density at radius 1 is 1.20 bits per heavy atom. The van der Waals surface area contributed by atoms with E-state index in [1.54, 1.807) is 6.92 Å². The molecule has 2 heterocycles. The maximum absolute atomic E-state index is 11.9. The monoisotopic (exact) mass is 408 g/mol. The number of carbonyl (C=O) groups is 1. The average molecular weight is 409 g/mol. The molecule has 0 saturated carbocycles. The van der Waals surface area contributed by atoms with E-state index in [1.165, 1.54) is 0 Å². The fraction of sp³-hybridized carbons (Fsp3) is 0.480. The lowest BCUT2D eigenvalue weighted by molar-refractivity contribution is -0.116. The number of benzene rings is 2. The molecule has 2 aliphatic heterocycles. The zero-order valence-electron chi connectivity index (χ0n) is 18.1. The minimum atomic E-state index is -0.785. The lowest BCUT2D eigenvalue weighted by atomic mass is 9.82. The fourth-order valence-electron chi connectivity index (χ4n) is 5.16. The first kappa shape index (κ1) is 21.0. The SMILES string of the molecule is CC(=O)N1c2ccc([C@@H](O)CN3CCC(O)(c4ccccc4C)CC3)cc2C[C@@H]1C. The molecule has 2 aliphatic rings. The number of hydrogen-bond donors (Lipinski definition) is 2. The second kappa shape index (κ2) is 8.14. The van der Waals surface area contributed by atoms with Gasteiger partial charge in [-0.15, -0.1) is 0 Å². The molecule has 0 radical (unpaired) electrons. The quantitative estimate of drug-likeness (QED) is 0.815. The van der Waals surface area contributed by atoms with Crippen LogP contribution in [0.25, 0.3) is 0 Å². The number of carbonyl (C=O) groups excluding carboxylic acids is 1. The van der Waals surface area contributed by atoms with Gasteiger partial charge in [0.05, 0.1) is 11.7 Å². The standard InChI is InChI=1S/C25H32N2O3/c1-17-6-4-5-7-22(17)25(30)10-12-26(13-11-25)16-24(29)20-8-9-23-21(15-20)14-18(2)27(23)19(3)28/h4-9,15,18,24,29-30H,10-14,16H2,1-3H3/t18-,24-/m0/s1. The zero-order valence-corrected chi connectivity index (χ0v) is 18.1. The maximum Gasteiger partial charge on any atom is 0.224 e. The first-order valence-corrected chi connectivity index (χ1v) is 10.9. The van der Waals surface area contributed by atoms with Crippen LogP contribution in [0, 0.1) is 6.92 Å². The Labute approximate surface area is 178 Å². The molecule has 5 heteroatoms. The van der Waals surface area contributed by atoms with Crippen LogP contribution in [0.2, 0.25) is 0 Å². The highest BCUT2D eigenvalue weighted by atomic mass is 16.3. The number of piperidine rings is 1. The summed E-state index contributed by atoms with van der Waals surface area (Å²) in [7, 11) is 0. The highest BCUT2D eigenvalue weighted by molar-refractivity contribution is 5.94. The van der Waals surface area contributed by atoms with Crippen molar-refractivity contribution < 1.29 is 15.0 Å². The number of aliphatic hydroxyl groups excluding tert-OH is 1. The van der Waals surface area contributed by atoms with Crippen LogP contribution >= 0.6 is 0 Å². The summed E-state index contributed by atoms with van der Waals surface area (Å²) in [6, 6.07) is 14.2. The molecule has 1 fully saturated rings. The fourth-order valence-corrected chi connectivity index (χ4v) is 5.16. The van der Waals surface area contributed by atoms with Crippen molar-refractivity contribution in [2.24, 2.45) is 0 Å². The second-order valence-electron chi connectivity index (χ2n) is 8.99. The van der Waals surface area contributed by atoms with Gasteiger partial charge in [0.2, 0.25) is 5.91 Å². The summed E-state index contributed by atoms with van der Waals surface area (Å²) in [6.07, 6.45) is 1.57. The molecule has 0 spiro atoms. The summed E-state index contributed by atoms with van der Waals surface area (Å²) in [5.41, 5.74) is 4.35. The van der Waals surface area contributed by atoms with Crippen molar-refractivity contribution >= 4 is 11.6 Å². The number of amides is 1. The van der Waals surface area contributed by atoms with Crippen LogP contribution in [-0.4, -0.2) is 46.7 Å². The number of hydrogen-bond acceptors (Lipinski definition) is 4. The molecular formula is C25H32N2O3. The Kier molecular flexibility index (Phi) is 5.71. The Morgan fingerprint density at radius 3 is 2.57 bits per heavy atom. The highest BCUT2D eigenvalue weighted by Crippen LogP contribution is 2.36. The van der Waals surface area contributed by atoms with Crippen molar-refractivity contribution in [1.29, 1.82) is 0 Å². The van der Waals surface area contributed by atoms with Gasteiger partial charge >= 0.3 is 0 Å². The molecule has 4 rings (SSSR count). The van der Waals surface area contributed by atoms with E-state index in [-0.39, 0.29) is 11.9 Å². The predicted molar refractivity (Wildman–Crippen MR) is 118 cm³/mol.